The summed E-state index contributed by atoms with van der Waals surface area (Å²) in [4.78, 5) is 0. The van der Waals surface area contributed by atoms with Crippen LogP contribution in [0, 0.1) is 0 Å². The fraction of sp³-hybridized carbons (Fsp3) is 0.846. The van der Waals surface area contributed by atoms with Crippen molar-refractivity contribution in [1.82, 2.24) is 0 Å². The molecule has 2 N–H and O–H groups in total. The molecule has 0 spiro atoms. The van der Waals surface area contributed by atoms with Crippen molar-refractivity contribution >= 4 is 0 Å². The second-order valence-electron chi connectivity index (χ2n) is 4.90. The Bertz CT molecular complexity index is 255. The zero-order chi connectivity index (χ0) is 11.4. The molecular formula is C13H23NO2. The minimum absolute atomic E-state index is 0.0851. The van der Waals surface area contributed by atoms with Crippen molar-refractivity contribution in [2.24, 2.45) is 5.73 Å². The highest BCUT2D eigenvalue weighted by molar-refractivity contribution is 5.14. The average molecular weight is 225 g/mol. The lowest BCUT2D eigenvalue weighted by molar-refractivity contribution is -0.0450. The molecule has 1 atom stereocenters. The molecule has 0 aromatic heterocycles. The summed E-state index contributed by atoms with van der Waals surface area (Å²) in [6.07, 6.45) is 10.3. The van der Waals surface area contributed by atoms with Gasteiger partial charge in [-0.15, -0.1) is 0 Å². The maximum Gasteiger partial charge on any atom is 0.112 e. The quantitative estimate of drug-likeness (QED) is 0.750. The third-order valence-corrected chi connectivity index (χ3v) is 3.96. The lowest BCUT2D eigenvalue weighted by Crippen LogP contribution is -2.50. The van der Waals surface area contributed by atoms with E-state index in [0.29, 0.717) is 0 Å². The van der Waals surface area contributed by atoms with Gasteiger partial charge < -0.3 is 15.2 Å². The maximum atomic E-state index is 6.35. The summed E-state index contributed by atoms with van der Waals surface area (Å²) in [5, 5.41) is 0. The first-order valence-corrected chi connectivity index (χ1v) is 6.42. The van der Waals surface area contributed by atoms with Gasteiger partial charge in [-0.2, -0.15) is 0 Å². The van der Waals surface area contributed by atoms with Crippen LogP contribution in [0.3, 0.4) is 0 Å². The van der Waals surface area contributed by atoms with Crippen molar-refractivity contribution in [2.45, 2.75) is 56.6 Å². The lowest BCUT2D eigenvalue weighted by atomic mass is 9.85. The Labute approximate surface area is 98.0 Å². The molecular weight excluding hydrogens is 202 g/mol. The molecule has 0 bridgehead atoms. The molecule has 0 aromatic rings. The molecule has 1 heterocycles. The fourth-order valence-corrected chi connectivity index (χ4v) is 2.88. The summed E-state index contributed by atoms with van der Waals surface area (Å²) in [5.41, 5.74) is 6.16. The van der Waals surface area contributed by atoms with Crippen LogP contribution in [0.15, 0.2) is 11.8 Å². The normalized spacial score (nSPS) is 26.8. The minimum Gasteiger partial charge on any atom is -0.496 e. The van der Waals surface area contributed by atoms with Crippen LogP contribution in [0.5, 0.6) is 0 Å². The predicted molar refractivity (Wildman–Crippen MR) is 64.1 cm³/mol. The van der Waals surface area contributed by atoms with Gasteiger partial charge in [0, 0.05) is 13.5 Å². The zero-order valence-corrected chi connectivity index (χ0v) is 10.2. The van der Waals surface area contributed by atoms with Gasteiger partial charge in [0.2, 0.25) is 0 Å². The van der Waals surface area contributed by atoms with Crippen LogP contribution in [-0.4, -0.2) is 25.4 Å². The number of ether oxygens (including phenoxy) is 2. The van der Waals surface area contributed by atoms with E-state index < -0.39 is 0 Å². The molecule has 2 rings (SSSR count). The summed E-state index contributed by atoms with van der Waals surface area (Å²) in [7, 11) is 1.79. The topological polar surface area (TPSA) is 44.5 Å². The Morgan fingerprint density at radius 1 is 1.31 bits per heavy atom. The smallest absolute Gasteiger partial charge is 0.112 e. The molecule has 1 aliphatic heterocycles. The van der Waals surface area contributed by atoms with Crippen LogP contribution in [0.4, 0.5) is 0 Å². The Hall–Kier alpha value is -0.540. The third kappa shape index (κ3) is 2.25. The number of methoxy groups -OCH3 is 1. The highest BCUT2D eigenvalue weighted by Gasteiger charge is 2.40. The van der Waals surface area contributed by atoms with Crippen LogP contribution in [0.25, 0.3) is 0 Å². The van der Waals surface area contributed by atoms with Crippen molar-refractivity contribution in [3.8, 4) is 0 Å². The molecule has 92 valence electrons. The summed E-state index contributed by atoms with van der Waals surface area (Å²) < 4.78 is 11.4. The minimum atomic E-state index is -0.188. The molecule has 0 radical (unpaired) electrons. The standard InChI is InChI=1S/C13H23NO2/c1-15-13(8-4-2-3-5-9-13)12(14)11-7-6-10-16-11/h7,12H,2-6,8-10,14H2,1H3. The Morgan fingerprint density at radius 3 is 2.50 bits per heavy atom. The van der Waals surface area contributed by atoms with Gasteiger partial charge in [0.15, 0.2) is 0 Å². The van der Waals surface area contributed by atoms with Crippen molar-refractivity contribution in [3.05, 3.63) is 11.8 Å². The maximum absolute atomic E-state index is 6.35. The number of rotatable bonds is 3. The second kappa shape index (κ2) is 5.19. The van der Waals surface area contributed by atoms with E-state index in [1.165, 1.54) is 25.7 Å². The Morgan fingerprint density at radius 2 is 2.00 bits per heavy atom. The van der Waals surface area contributed by atoms with Crippen molar-refractivity contribution in [2.75, 3.05) is 13.7 Å². The third-order valence-electron chi connectivity index (χ3n) is 3.96. The molecule has 16 heavy (non-hydrogen) atoms. The Balaban J connectivity index is 2.11. The van der Waals surface area contributed by atoms with Crippen LogP contribution in [-0.2, 0) is 9.47 Å². The van der Waals surface area contributed by atoms with Crippen LogP contribution in [0.2, 0.25) is 0 Å². The molecule has 1 unspecified atom stereocenters. The van der Waals surface area contributed by atoms with Crippen molar-refractivity contribution in [3.63, 3.8) is 0 Å². The summed E-state index contributed by atoms with van der Waals surface area (Å²) in [5.74, 6) is 0.948. The average Bonchev–Trinajstić information content (AvgIpc) is 2.73. The molecule has 0 saturated heterocycles. The zero-order valence-electron chi connectivity index (χ0n) is 10.2. The molecule has 1 fully saturated rings. The van der Waals surface area contributed by atoms with E-state index >= 15 is 0 Å². The van der Waals surface area contributed by atoms with E-state index in [9.17, 15) is 0 Å². The van der Waals surface area contributed by atoms with Gasteiger partial charge in [0.25, 0.3) is 0 Å². The molecule has 2 aliphatic rings. The number of nitrogens with two attached hydrogens (primary N) is 1. The Kier molecular flexibility index (Phi) is 3.87. The van der Waals surface area contributed by atoms with E-state index in [1.54, 1.807) is 7.11 Å². The molecule has 0 amide bonds. The number of hydrogen-bond donors (Lipinski definition) is 1. The van der Waals surface area contributed by atoms with Gasteiger partial charge in [0.05, 0.1) is 18.2 Å². The molecule has 1 aliphatic carbocycles. The molecule has 3 heteroatoms. The summed E-state index contributed by atoms with van der Waals surface area (Å²) >= 11 is 0. The van der Waals surface area contributed by atoms with Crippen molar-refractivity contribution < 1.29 is 9.47 Å². The predicted octanol–water partition coefficient (Wildman–Crippen LogP) is 2.36. The fourth-order valence-electron chi connectivity index (χ4n) is 2.88. The monoisotopic (exact) mass is 225 g/mol. The van der Waals surface area contributed by atoms with E-state index in [0.717, 1.165) is 31.6 Å². The van der Waals surface area contributed by atoms with E-state index in [4.69, 9.17) is 15.2 Å². The molecule has 1 saturated carbocycles. The number of hydrogen-bond acceptors (Lipinski definition) is 3. The van der Waals surface area contributed by atoms with Crippen molar-refractivity contribution in [1.29, 1.82) is 0 Å². The van der Waals surface area contributed by atoms with Crippen LogP contribution in [0.1, 0.15) is 44.9 Å². The van der Waals surface area contributed by atoms with Gasteiger partial charge in [-0.1, -0.05) is 25.7 Å². The lowest BCUT2D eigenvalue weighted by Gasteiger charge is -2.37. The first-order valence-electron chi connectivity index (χ1n) is 6.42. The van der Waals surface area contributed by atoms with Crippen LogP contribution < -0.4 is 5.73 Å². The van der Waals surface area contributed by atoms with E-state index in [1.807, 2.05) is 0 Å². The SMILES string of the molecule is COC1(C(N)C2=CCCO2)CCCCCC1. The van der Waals surface area contributed by atoms with Gasteiger partial charge in [0.1, 0.15) is 5.76 Å². The largest absolute Gasteiger partial charge is 0.496 e. The van der Waals surface area contributed by atoms with E-state index in [2.05, 4.69) is 6.08 Å². The first-order chi connectivity index (χ1) is 7.78. The van der Waals surface area contributed by atoms with Gasteiger partial charge in [-0.05, 0) is 18.9 Å². The second-order valence-corrected chi connectivity index (χ2v) is 4.90. The van der Waals surface area contributed by atoms with E-state index in [-0.39, 0.29) is 11.6 Å². The summed E-state index contributed by atoms with van der Waals surface area (Å²) in [6.45, 7) is 0.781. The highest BCUT2D eigenvalue weighted by Crippen LogP contribution is 2.35. The molecule has 0 aromatic carbocycles. The molecule has 3 nitrogen and oxygen atoms in total. The van der Waals surface area contributed by atoms with Crippen LogP contribution >= 0.6 is 0 Å². The summed E-state index contributed by atoms with van der Waals surface area (Å²) in [6, 6.07) is -0.0851. The van der Waals surface area contributed by atoms with Gasteiger partial charge in [-0.3, -0.25) is 0 Å². The van der Waals surface area contributed by atoms with Gasteiger partial charge >= 0.3 is 0 Å². The van der Waals surface area contributed by atoms with Gasteiger partial charge in [-0.25, -0.2) is 0 Å². The highest BCUT2D eigenvalue weighted by atomic mass is 16.5. The first kappa shape index (κ1) is 11.9.